The normalized spacial score (nSPS) is 15.7. The highest BCUT2D eigenvalue weighted by Crippen LogP contribution is 2.25. The van der Waals surface area contributed by atoms with Crippen molar-refractivity contribution in [1.29, 1.82) is 0 Å². The number of hydrogen-bond donors (Lipinski definition) is 5. The number of nitrogens with one attached hydrogen (secondary N) is 3. The van der Waals surface area contributed by atoms with Crippen LogP contribution < -0.4 is 21.7 Å². The fourth-order valence-corrected chi connectivity index (χ4v) is 5.94. The summed E-state index contributed by atoms with van der Waals surface area (Å²) >= 11 is 0. The second kappa shape index (κ2) is 16.4. The van der Waals surface area contributed by atoms with E-state index in [1.807, 2.05) is 69.3 Å². The Morgan fingerprint density at radius 2 is 1.62 bits per heavy atom. The van der Waals surface area contributed by atoms with Crippen LogP contribution in [0.25, 0.3) is 10.9 Å². The van der Waals surface area contributed by atoms with Gasteiger partial charge in [0, 0.05) is 17.5 Å². The van der Waals surface area contributed by atoms with Crippen molar-refractivity contribution in [2.24, 2.45) is 11.7 Å². The van der Waals surface area contributed by atoms with Crippen LogP contribution in [-0.4, -0.2) is 75.6 Å². The topological polar surface area (TPSA) is 167 Å². The van der Waals surface area contributed by atoms with Crippen LogP contribution in [0, 0.1) is 5.92 Å². The van der Waals surface area contributed by atoms with Crippen molar-refractivity contribution >= 4 is 34.7 Å². The minimum absolute atomic E-state index is 0.0238. The van der Waals surface area contributed by atoms with E-state index in [4.69, 9.17) is 5.73 Å². The van der Waals surface area contributed by atoms with Crippen molar-refractivity contribution < 1.29 is 24.3 Å². The number of nitrogens with two attached hydrogens (primary N) is 1. The molecule has 3 aromatic rings. The summed E-state index contributed by atoms with van der Waals surface area (Å²) in [5.74, 6) is -1.79. The van der Waals surface area contributed by atoms with Gasteiger partial charge in [0.2, 0.25) is 11.8 Å². The van der Waals surface area contributed by atoms with Crippen LogP contribution >= 0.6 is 0 Å². The van der Waals surface area contributed by atoms with Crippen molar-refractivity contribution in [3.8, 4) is 0 Å². The average molecular weight is 645 g/mol. The quantitative estimate of drug-likeness (QED) is 0.190. The molecule has 11 nitrogen and oxygen atoms in total. The standard InChI is InChI=1S/C36H48N6O5/c1-36(2,3)41-35(47)42(22-25-14-8-5-9-15-25)23-31(43)29(20-24-12-6-4-7-13-24)39-34(46)30(21-32(37)44)40-33(45)28-19-18-26-16-10-11-17-27(26)38-28/h4,6-7,10-13,16-19,25,29-31,43H,5,8-9,14-15,20-23H2,1-3H3,(H2,37,44)(H,39,46)(H,40,45)(H,41,47)/t29-,30-,31-/m0/s1. The van der Waals surface area contributed by atoms with Gasteiger partial charge < -0.3 is 31.7 Å². The Kier molecular flexibility index (Phi) is 12.3. The molecule has 0 radical (unpaired) electrons. The second-order valence-corrected chi connectivity index (χ2v) is 13.5. The molecule has 1 aliphatic carbocycles. The summed E-state index contributed by atoms with van der Waals surface area (Å²) in [7, 11) is 0. The van der Waals surface area contributed by atoms with Crippen molar-refractivity contribution in [2.75, 3.05) is 13.1 Å². The monoisotopic (exact) mass is 644 g/mol. The third-order valence-corrected chi connectivity index (χ3v) is 8.33. The molecule has 0 saturated heterocycles. The molecule has 11 heteroatoms. The van der Waals surface area contributed by atoms with E-state index in [1.165, 1.54) is 6.42 Å². The summed E-state index contributed by atoms with van der Waals surface area (Å²) in [4.78, 5) is 58.4. The zero-order valence-electron chi connectivity index (χ0n) is 27.6. The van der Waals surface area contributed by atoms with Gasteiger partial charge in [-0.05, 0) is 63.6 Å². The number of primary amides is 1. The number of rotatable bonds is 13. The summed E-state index contributed by atoms with van der Waals surface area (Å²) < 4.78 is 0. The van der Waals surface area contributed by atoms with Gasteiger partial charge in [-0.25, -0.2) is 9.78 Å². The number of fused-ring (bicyclic) bond motifs is 1. The number of aromatic nitrogens is 1. The zero-order chi connectivity index (χ0) is 34.0. The third-order valence-electron chi connectivity index (χ3n) is 8.33. The van der Waals surface area contributed by atoms with Gasteiger partial charge in [0.15, 0.2) is 0 Å². The lowest BCUT2D eigenvalue weighted by molar-refractivity contribution is -0.128. The van der Waals surface area contributed by atoms with Gasteiger partial charge in [-0.2, -0.15) is 0 Å². The van der Waals surface area contributed by atoms with E-state index in [0.717, 1.165) is 36.6 Å². The van der Waals surface area contributed by atoms with Crippen LogP contribution in [0.4, 0.5) is 4.79 Å². The van der Waals surface area contributed by atoms with Gasteiger partial charge in [-0.15, -0.1) is 0 Å². The van der Waals surface area contributed by atoms with E-state index in [0.29, 0.717) is 18.0 Å². The van der Waals surface area contributed by atoms with Gasteiger partial charge >= 0.3 is 6.03 Å². The number of benzene rings is 2. The van der Waals surface area contributed by atoms with Crippen LogP contribution in [0.15, 0.2) is 66.7 Å². The molecular formula is C36H48N6O5. The van der Waals surface area contributed by atoms with Crippen molar-refractivity contribution in [3.63, 3.8) is 0 Å². The molecule has 6 N–H and O–H groups in total. The highest BCUT2D eigenvalue weighted by atomic mass is 16.3. The molecule has 0 spiro atoms. The van der Waals surface area contributed by atoms with Crippen LogP contribution in [-0.2, 0) is 16.0 Å². The first-order valence-corrected chi connectivity index (χ1v) is 16.4. The Hall–Kier alpha value is -4.51. The molecule has 252 valence electrons. The molecule has 5 amide bonds. The molecule has 3 atom stereocenters. The molecule has 0 bridgehead atoms. The Balaban J connectivity index is 1.54. The Morgan fingerprint density at radius 1 is 0.936 bits per heavy atom. The average Bonchev–Trinajstić information content (AvgIpc) is 3.03. The predicted octanol–water partition coefficient (Wildman–Crippen LogP) is 3.69. The number of carbonyl (C=O) groups excluding carboxylic acids is 4. The molecule has 1 aromatic heterocycles. The summed E-state index contributed by atoms with van der Waals surface area (Å²) in [6.45, 7) is 6.17. The van der Waals surface area contributed by atoms with Gasteiger partial charge in [-0.1, -0.05) is 73.9 Å². The largest absolute Gasteiger partial charge is 0.389 e. The molecule has 1 aliphatic rings. The number of urea groups is 1. The first-order chi connectivity index (χ1) is 22.4. The lowest BCUT2D eigenvalue weighted by Crippen LogP contribution is -2.58. The number of pyridine rings is 1. The molecule has 2 aromatic carbocycles. The summed E-state index contributed by atoms with van der Waals surface area (Å²) in [6, 6.07) is 17.5. The maximum Gasteiger partial charge on any atom is 0.317 e. The van der Waals surface area contributed by atoms with Gasteiger partial charge in [0.25, 0.3) is 5.91 Å². The fourth-order valence-electron chi connectivity index (χ4n) is 5.94. The Labute approximate surface area is 276 Å². The zero-order valence-corrected chi connectivity index (χ0v) is 27.6. The van der Waals surface area contributed by atoms with E-state index in [9.17, 15) is 24.3 Å². The molecule has 0 aliphatic heterocycles. The lowest BCUT2D eigenvalue weighted by Gasteiger charge is -2.35. The Bertz CT molecular complexity index is 1520. The maximum absolute atomic E-state index is 13.7. The first kappa shape index (κ1) is 35.3. The summed E-state index contributed by atoms with van der Waals surface area (Å²) in [6.07, 6.45) is 4.04. The van der Waals surface area contributed by atoms with Gasteiger partial charge in [0.1, 0.15) is 11.7 Å². The van der Waals surface area contributed by atoms with Crippen LogP contribution in [0.2, 0.25) is 0 Å². The molecule has 1 heterocycles. The number of amides is 5. The number of nitrogens with zero attached hydrogens (tertiary/aromatic N) is 2. The summed E-state index contributed by atoms with van der Waals surface area (Å²) in [5.41, 5.74) is 6.54. The minimum Gasteiger partial charge on any atom is -0.389 e. The highest BCUT2D eigenvalue weighted by molar-refractivity contribution is 5.99. The van der Waals surface area contributed by atoms with Crippen molar-refractivity contribution in [1.82, 2.24) is 25.8 Å². The van der Waals surface area contributed by atoms with E-state index in [-0.39, 0.29) is 24.7 Å². The molecule has 1 saturated carbocycles. The molecule has 1 fully saturated rings. The van der Waals surface area contributed by atoms with E-state index in [2.05, 4.69) is 20.9 Å². The SMILES string of the molecule is CC(C)(C)NC(=O)N(CC1CCCCC1)C[C@H](O)[C@H](Cc1ccccc1)NC(=O)[C@H](CC(N)=O)NC(=O)c1ccc2ccccc2n1. The number of hydrogen-bond acceptors (Lipinski definition) is 6. The first-order valence-electron chi connectivity index (χ1n) is 16.4. The molecule has 0 unspecified atom stereocenters. The highest BCUT2D eigenvalue weighted by Gasteiger charge is 2.32. The summed E-state index contributed by atoms with van der Waals surface area (Å²) in [5, 5.41) is 21.0. The van der Waals surface area contributed by atoms with Crippen LogP contribution in [0.3, 0.4) is 0 Å². The minimum atomic E-state index is -1.32. The van der Waals surface area contributed by atoms with Gasteiger partial charge in [-0.3, -0.25) is 14.4 Å². The van der Waals surface area contributed by atoms with Crippen molar-refractivity contribution in [2.45, 2.75) is 89.4 Å². The van der Waals surface area contributed by atoms with E-state index < -0.39 is 47.9 Å². The van der Waals surface area contributed by atoms with Crippen LogP contribution in [0.5, 0.6) is 0 Å². The number of aliphatic hydroxyl groups is 1. The molecule has 47 heavy (non-hydrogen) atoms. The third kappa shape index (κ3) is 11.1. The molecular weight excluding hydrogens is 596 g/mol. The Morgan fingerprint density at radius 3 is 2.30 bits per heavy atom. The van der Waals surface area contributed by atoms with Crippen molar-refractivity contribution in [3.05, 3.63) is 78.0 Å². The second-order valence-electron chi connectivity index (χ2n) is 13.5. The maximum atomic E-state index is 13.7. The number of aliphatic hydroxyl groups excluding tert-OH is 1. The molecule has 4 rings (SSSR count). The number of para-hydroxylation sites is 1. The van der Waals surface area contributed by atoms with E-state index in [1.54, 1.807) is 23.1 Å². The lowest BCUT2D eigenvalue weighted by atomic mass is 9.89. The number of carbonyl (C=O) groups is 4. The fraction of sp³-hybridized carbons (Fsp3) is 0.472. The predicted molar refractivity (Wildman–Crippen MR) is 181 cm³/mol. The van der Waals surface area contributed by atoms with E-state index >= 15 is 0 Å². The van der Waals surface area contributed by atoms with Gasteiger partial charge in [0.05, 0.1) is 30.6 Å². The smallest absolute Gasteiger partial charge is 0.317 e. The van der Waals surface area contributed by atoms with Crippen LogP contribution in [0.1, 0.15) is 75.3 Å².